The first kappa shape index (κ1) is 17.4. The van der Waals surface area contributed by atoms with Crippen molar-refractivity contribution >= 4 is 29.6 Å². The van der Waals surface area contributed by atoms with Crippen molar-refractivity contribution in [3.63, 3.8) is 0 Å². The number of hydrogen-bond donors (Lipinski definition) is 0. The van der Waals surface area contributed by atoms with Crippen LogP contribution in [0.5, 0.6) is 0 Å². The fourth-order valence-electron chi connectivity index (χ4n) is 1.68. The molecule has 0 N–H and O–H groups in total. The summed E-state index contributed by atoms with van der Waals surface area (Å²) in [4.78, 5) is 13.1. The molecule has 1 aliphatic heterocycles. The van der Waals surface area contributed by atoms with Gasteiger partial charge < -0.3 is 13.8 Å². The predicted octanol–water partition coefficient (Wildman–Crippen LogP) is 3.50. The van der Waals surface area contributed by atoms with Crippen LogP contribution in [0.2, 0.25) is 0 Å². The molecule has 1 aliphatic rings. The molecule has 0 radical (unpaired) electrons. The Hall–Kier alpha value is -0.620. The zero-order chi connectivity index (χ0) is 15.2. The van der Waals surface area contributed by atoms with Gasteiger partial charge in [0.25, 0.3) is 0 Å². The van der Waals surface area contributed by atoms with Crippen molar-refractivity contribution in [3.05, 3.63) is 23.0 Å². The van der Waals surface area contributed by atoms with E-state index in [2.05, 4.69) is 22.5 Å². The number of carbonyl (C=O) groups excluding carboxylic acids is 1. The van der Waals surface area contributed by atoms with Gasteiger partial charge in [-0.2, -0.15) is 0 Å². The zero-order valence-electron chi connectivity index (χ0n) is 11.6. The summed E-state index contributed by atoms with van der Waals surface area (Å²) in [5.41, 5.74) is 0. The Balaban J connectivity index is 2.78. The predicted molar refractivity (Wildman–Crippen MR) is 79.9 cm³/mol. The topological polar surface area (TPSA) is 65.1 Å². The standard InChI is InChI=1S/C12H19BrNO5P/c1-4-18-20(16,19-5-2)7-6-11-9-17-12(15)14(11)8-10(3)13/h6-7,11H,3-5,8-9H2,1-2H3/b7-6+/t11-/m0/s1. The SMILES string of the molecule is C=C(Br)CN1C(=O)OC[C@@H]1/C=C/P(=O)(OCC)OCC. The number of hydrogen-bond acceptors (Lipinski definition) is 5. The van der Waals surface area contributed by atoms with Gasteiger partial charge in [-0.25, -0.2) is 4.79 Å². The Morgan fingerprint density at radius 1 is 1.55 bits per heavy atom. The van der Waals surface area contributed by atoms with Crippen molar-refractivity contribution in [2.45, 2.75) is 19.9 Å². The van der Waals surface area contributed by atoms with Crippen LogP contribution >= 0.6 is 23.5 Å². The third-order valence-corrected chi connectivity index (χ3v) is 4.49. The van der Waals surface area contributed by atoms with Crippen molar-refractivity contribution in [1.29, 1.82) is 0 Å². The van der Waals surface area contributed by atoms with Crippen molar-refractivity contribution < 1.29 is 23.1 Å². The van der Waals surface area contributed by atoms with E-state index in [1.807, 2.05) is 0 Å². The highest BCUT2D eigenvalue weighted by atomic mass is 79.9. The van der Waals surface area contributed by atoms with Crippen molar-refractivity contribution in [2.24, 2.45) is 0 Å². The van der Waals surface area contributed by atoms with Crippen LogP contribution in [0.3, 0.4) is 0 Å². The summed E-state index contributed by atoms with van der Waals surface area (Å²) in [6, 6.07) is -0.314. The molecule has 114 valence electrons. The summed E-state index contributed by atoms with van der Waals surface area (Å²) in [6.45, 7) is 8.26. The summed E-state index contributed by atoms with van der Waals surface area (Å²) in [5.74, 6) is 1.39. The van der Waals surface area contributed by atoms with Crippen LogP contribution in [0.15, 0.2) is 23.0 Å². The number of cyclic esters (lactones) is 1. The van der Waals surface area contributed by atoms with Gasteiger partial charge in [-0.3, -0.25) is 9.46 Å². The molecule has 6 nitrogen and oxygen atoms in total. The molecule has 0 aliphatic carbocycles. The smallest absolute Gasteiger partial charge is 0.410 e. The van der Waals surface area contributed by atoms with Gasteiger partial charge in [0.2, 0.25) is 0 Å². The Morgan fingerprint density at radius 2 is 2.15 bits per heavy atom. The minimum Gasteiger partial charge on any atom is -0.447 e. The monoisotopic (exact) mass is 367 g/mol. The van der Waals surface area contributed by atoms with Crippen molar-refractivity contribution in [2.75, 3.05) is 26.4 Å². The van der Waals surface area contributed by atoms with Gasteiger partial charge in [0.15, 0.2) is 0 Å². The molecule has 0 aromatic rings. The molecule has 0 bridgehead atoms. The summed E-state index contributed by atoms with van der Waals surface area (Å²) in [7, 11) is -3.26. The first-order valence-corrected chi connectivity index (χ1v) is 8.67. The summed E-state index contributed by atoms with van der Waals surface area (Å²) >= 11 is 3.21. The lowest BCUT2D eigenvalue weighted by Crippen LogP contribution is -2.32. The van der Waals surface area contributed by atoms with Crippen LogP contribution in [-0.4, -0.2) is 43.4 Å². The van der Waals surface area contributed by atoms with Crippen molar-refractivity contribution in [3.8, 4) is 0 Å². The first-order chi connectivity index (χ1) is 9.41. The van der Waals surface area contributed by atoms with E-state index in [0.29, 0.717) is 11.0 Å². The molecule has 1 saturated heterocycles. The molecule has 1 amide bonds. The lowest BCUT2D eigenvalue weighted by atomic mass is 10.3. The van der Waals surface area contributed by atoms with Crippen LogP contribution in [0.1, 0.15) is 13.8 Å². The van der Waals surface area contributed by atoms with Gasteiger partial charge in [-0.1, -0.05) is 28.6 Å². The van der Waals surface area contributed by atoms with E-state index < -0.39 is 13.7 Å². The molecule has 0 aromatic carbocycles. The first-order valence-electron chi connectivity index (χ1n) is 6.26. The second-order valence-corrected chi connectivity index (χ2v) is 7.02. The minimum atomic E-state index is -3.26. The van der Waals surface area contributed by atoms with Gasteiger partial charge >= 0.3 is 13.7 Å². The maximum Gasteiger partial charge on any atom is 0.410 e. The van der Waals surface area contributed by atoms with Crippen LogP contribution in [-0.2, 0) is 18.3 Å². The Labute approximate surface area is 127 Å². The van der Waals surface area contributed by atoms with E-state index in [0.717, 1.165) is 0 Å². The third kappa shape index (κ3) is 5.05. The molecule has 0 saturated carbocycles. The van der Waals surface area contributed by atoms with E-state index in [9.17, 15) is 9.36 Å². The summed E-state index contributed by atoms with van der Waals surface area (Å²) < 4.78 is 28.2. The molecule has 0 spiro atoms. The van der Waals surface area contributed by atoms with Gasteiger partial charge in [-0.15, -0.1) is 0 Å². The maximum atomic E-state index is 12.3. The largest absolute Gasteiger partial charge is 0.447 e. The van der Waals surface area contributed by atoms with Gasteiger partial charge in [0.1, 0.15) is 6.61 Å². The van der Waals surface area contributed by atoms with E-state index in [4.69, 9.17) is 13.8 Å². The summed E-state index contributed by atoms with van der Waals surface area (Å²) in [5, 5.41) is 0. The van der Waals surface area contributed by atoms with Crippen LogP contribution in [0.4, 0.5) is 4.79 Å². The molecule has 0 aromatic heterocycles. The zero-order valence-corrected chi connectivity index (χ0v) is 14.1. The van der Waals surface area contributed by atoms with E-state index in [1.54, 1.807) is 19.9 Å². The van der Waals surface area contributed by atoms with Crippen molar-refractivity contribution in [1.82, 2.24) is 4.90 Å². The molecule has 1 atom stereocenters. The Bertz CT molecular complexity index is 430. The number of amides is 1. The molecule has 1 fully saturated rings. The average Bonchev–Trinajstić information content (AvgIpc) is 2.69. The van der Waals surface area contributed by atoms with Gasteiger partial charge in [0, 0.05) is 10.3 Å². The van der Waals surface area contributed by atoms with Gasteiger partial charge in [0.05, 0.1) is 25.8 Å². The normalized spacial score (nSPS) is 19.6. The van der Waals surface area contributed by atoms with Crippen LogP contribution in [0, 0.1) is 0 Å². The fourth-order valence-corrected chi connectivity index (χ4v) is 3.33. The second-order valence-electron chi connectivity index (χ2n) is 4.01. The number of halogens is 1. The minimum absolute atomic E-state index is 0.202. The third-order valence-electron chi connectivity index (χ3n) is 2.46. The van der Waals surface area contributed by atoms with Crippen LogP contribution in [0.25, 0.3) is 0 Å². The lowest BCUT2D eigenvalue weighted by Gasteiger charge is -2.19. The Kier molecular flexibility index (Phi) is 6.95. The number of nitrogens with zero attached hydrogens (tertiary/aromatic N) is 1. The number of ether oxygens (including phenoxy) is 1. The van der Waals surface area contributed by atoms with E-state index in [1.165, 1.54) is 10.7 Å². The Morgan fingerprint density at radius 3 is 2.65 bits per heavy atom. The van der Waals surface area contributed by atoms with Gasteiger partial charge in [-0.05, 0) is 13.8 Å². The van der Waals surface area contributed by atoms with Crippen LogP contribution < -0.4 is 0 Å². The molecule has 1 rings (SSSR count). The maximum absolute atomic E-state index is 12.3. The molecule has 20 heavy (non-hydrogen) atoms. The molecular weight excluding hydrogens is 349 g/mol. The molecule has 8 heteroatoms. The fraction of sp³-hybridized carbons (Fsp3) is 0.583. The molecule has 1 heterocycles. The highest BCUT2D eigenvalue weighted by molar-refractivity contribution is 9.11. The average molecular weight is 368 g/mol. The molecular formula is C12H19BrNO5P. The number of carbonyl (C=O) groups is 1. The highest BCUT2D eigenvalue weighted by Crippen LogP contribution is 2.49. The number of rotatable bonds is 8. The molecule has 0 unspecified atom stereocenters. The van der Waals surface area contributed by atoms with E-state index in [-0.39, 0.29) is 25.9 Å². The van der Waals surface area contributed by atoms with E-state index >= 15 is 0 Å². The quantitative estimate of drug-likeness (QED) is 0.614. The lowest BCUT2D eigenvalue weighted by molar-refractivity contribution is 0.160. The summed E-state index contributed by atoms with van der Waals surface area (Å²) in [6.07, 6.45) is 1.19. The highest BCUT2D eigenvalue weighted by Gasteiger charge is 2.32. The second kappa shape index (κ2) is 7.98.